The summed E-state index contributed by atoms with van der Waals surface area (Å²) in [6.45, 7) is 5.95. The fraction of sp³-hybridized carbons (Fsp3) is 0.500. The number of hydrogen-bond acceptors (Lipinski definition) is 3. The standard InChI is InChI=1S/C14H21N3O/c1-11(2)13-10-15-14-9-12(5-6-17(13)14)18-8-7-16(3)4/h5-6,9-11H,7-8H2,1-4H3. The minimum Gasteiger partial charge on any atom is -0.492 e. The van der Waals surface area contributed by atoms with Crippen LogP contribution in [0.3, 0.4) is 0 Å². The summed E-state index contributed by atoms with van der Waals surface area (Å²) in [4.78, 5) is 6.52. The van der Waals surface area contributed by atoms with E-state index in [4.69, 9.17) is 4.74 Å². The van der Waals surface area contributed by atoms with Crippen LogP contribution in [0.25, 0.3) is 5.65 Å². The molecule has 4 nitrogen and oxygen atoms in total. The molecule has 0 aromatic carbocycles. The molecule has 4 heteroatoms. The van der Waals surface area contributed by atoms with Crippen LogP contribution in [0.15, 0.2) is 24.5 Å². The van der Waals surface area contributed by atoms with Crippen LogP contribution in [0.2, 0.25) is 0 Å². The Morgan fingerprint density at radius 1 is 1.39 bits per heavy atom. The van der Waals surface area contributed by atoms with E-state index >= 15 is 0 Å². The van der Waals surface area contributed by atoms with Gasteiger partial charge in [0.2, 0.25) is 0 Å². The number of aromatic nitrogens is 2. The second kappa shape index (κ2) is 5.40. The van der Waals surface area contributed by atoms with Gasteiger partial charge in [-0.15, -0.1) is 0 Å². The van der Waals surface area contributed by atoms with E-state index in [0.717, 1.165) is 17.9 Å². The zero-order valence-corrected chi connectivity index (χ0v) is 11.6. The van der Waals surface area contributed by atoms with Crippen molar-refractivity contribution in [1.29, 1.82) is 0 Å². The van der Waals surface area contributed by atoms with Crippen LogP contribution in [-0.4, -0.2) is 41.5 Å². The van der Waals surface area contributed by atoms with E-state index in [1.807, 2.05) is 38.6 Å². The molecule has 0 saturated carbocycles. The second-order valence-corrected chi connectivity index (χ2v) is 5.08. The zero-order valence-electron chi connectivity index (χ0n) is 11.6. The van der Waals surface area contributed by atoms with E-state index in [-0.39, 0.29) is 0 Å². The number of imidazole rings is 1. The van der Waals surface area contributed by atoms with Gasteiger partial charge in [-0.25, -0.2) is 4.98 Å². The van der Waals surface area contributed by atoms with Gasteiger partial charge in [-0.1, -0.05) is 13.8 Å². The number of nitrogens with zero attached hydrogens (tertiary/aromatic N) is 3. The normalized spacial score (nSPS) is 11.7. The molecule has 2 heterocycles. The van der Waals surface area contributed by atoms with Gasteiger partial charge in [0.25, 0.3) is 0 Å². The van der Waals surface area contributed by atoms with Crippen molar-refractivity contribution in [2.75, 3.05) is 27.2 Å². The molecular weight excluding hydrogens is 226 g/mol. The molecule has 0 amide bonds. The Balaban J connectivity index is 2.13. The van der Waals surface area contributed by atoms with Crippen LogP contribution in [0.1, 0.15) is 25.5 Å². The van der Waals surface area contributed by atoms with Gasteiger partial charge >= 0.3 is 0 Å². The fourth-order valence-corrected chi connectivity index (χ4v) is 1.84. The minimum absolute atomic E-state index is 0.473. The van der Waals surface area contributed by atoms with E-state index < -0.39 is 0 Å². The number of rotatable bonds is 5. The van der Waals surface area contributed by atoms with Crippen LogP contribution >= 0.6 is 0 Å². The quantitative estimate of drug-likeness (QED) is 0.812. The SMILES string of the molecule is CC(C)c1cnc2cc(OCCN(C)C)ccn12. The molecule has 98 valence electrons. The first-order chi connectivity index (χ1) is 8.58. The Bertz CT molecular complexity index is 517. The molecule has 2 rings (SSSR count). The number of pyridine rings is 1. The maximum absolute atomic E-state index is 5.70. The summed E-state index contributed by atoms with van der Waals surface area (Å²) in [5.41, 5.74) is 2.17. The maximum atomic E-state index is 5.70. The lowest BCUT2D eigenvalue weighted by molar-refractivity contribution is 0.261. The summed E-state index contributed by atoms with van der Waals surface area (Å²) in [5, 5.41) is 0. The average Bonchev–Trinajstić information content (AvgIpc) is 2.71. The van der Waals surface area contributed by atoms with E-state index in [1.165, 1.54) is 5.69 Å². The summed E-state index contributed by atoms with van der Waals surface area (Å²) in [6, 6.07) is 3.98. The van der Waals surface area contributed by atoms with E-state index in [0.29, 0.717) is 12.5 Å². The molecule has 0 spiro atoms. The molecule has 0 radical (unpaired) electrons. The topological polar surface area (TPSA) is 29.8 Å². The summed E-state index contributed by atoms with van der Waals surface area (Å²) < 4.78 is 7.81. The van der Waals surface area contributed by atoms with Crippen molar-refractivity contribution >= 4 is 5.65 Å². The van der Waals surface area contributed by atoms with Gasteiger partial charge in [0.05, 0.1) is 0 Å². The molecule has 2 aromatic rings. The predicted octanol–water partition coefficient (Wildman–Crippen LogP) is 2.40. The van der Waals surface area contributed by atoms with Crippen LogP contribution < -0.4 is 4.74 Å². The first kappa shape index (κ1) is 12.9. The summed E-state index contributed by atoms with van der Waals surface area (Å²) in [5.74, 6) is 1.35. The van der Waals surface area contributed by atoms with Gasteiger partial charge in [-0.2, -0.15) is 0 Å². The Morgan fingerprint density at radius 3 is 2.83 bits per heavy atom. The van der Waals surface area contributed by atoms with Gasteiger partial charge in [-0.05, 0) is 26.1 Å². The lowest BCUT2D eigenvalue weighted by atomic mass is 10.1. The number of ether oxygens (including phenoxy) is 1. The van der Waals surface area contributed by atoms with Gasteiger partial charge in [-0.3, -0.25) is 0 Å². The van der Waals surface area contributed by atoms with Crippen molar-refractivity contribution in [3.8, 4) is 5.75 Å². The van der Waals surface area contributed by atoms with Gasteiger partial charge in [0.1, 0.15) is 18.0 Å². The monoisotopic (exact) mass is 247 g/mol. The molecule has 2 aromatic heterocycles. The Hall–Kier alpha value is -1.55. The highest BCUT2D eigenvalue weighted by molar-refractivity contribution is 5.46. The van der Waals surface area contributed by atoms with Crippen molar-refractivity contribution in [1.82, 2.24) is 14.3 Å². The van der Waals surface area contributed by atoms with Crippen molar-refractivity contribution in [3.63, 3.8) is 0 Å². The highest BCUT2D eigenvalue weighted by Gasteiger charge is 2.07. The molecule has 0 aliphatic carbocycles. The predicted molar refractivity (Wildman–Crippen MR) is 73.3 cm³/mol. The van der Waals surface area contributed by atoms with Crippen molar-refractivity contribution in [2.45, 2.75) is 19.8 Å². The largest absolute Gasteiger partial charge is 0.492 e. The highest BCUT2D eigenvalue weighted by Crippen LogP contribution is 2.19. The van der Waals surface area contributed by atoms with Crippen LogP contribution in [-0.2, 0) is 0 Å². The first-order valence-corrected chi connectivity index (χ1v) is 6.32. The molecule has 0 saturated heterocycles. The third-order valence-corrected chi connectivity index (χ3v) is 2.91. The van der Waals surface area contributed by atoms with Crippen LogP contribution in [0.4, 0.5) is 0 Å². The van der Waals surface area contributed by atoms with Gasteiger partial charge < -0.3 is 14.0 Å². The number of hydrogen-bond donors (Lipinski definition) is 0. The fourth-order valence-electron chi connectivity index (χ4n) is 1.84. The molecule has 0 bridgehead atoms. The highest BCUT2D eigenvalue weighted by atomic mass is 16.5. The third-order valence-electron chi connectivity index (χ3n) is 2.91. The molecule has 18 heavy (non-hydrogen) atoms. The van der Waals surface area contributed by atoms with Crippen LogP contribution in [0, 0.1) is 0 Å². The van der Waals surface area contributed by atoms with Crippen molar-refractivity contribution in [3.05, 3.63) is 30.2 Å². The van der Waals surface area contributed by atoms with Crippen molar-refractivity contribution in [2.24, 2.45) is 0 Å². The minimum atomic E-state index is 0.473. The van der Waals surface area contributed by atoms with Crippen LogP contribution in [0.5, 0.6) is 5.75 Å². The Labute approximate surface area is 108 Å². The number of likely N-dealkylation sites (N-methyl/N-ethyl adjacent to an activating group) is 1. The zero-order chi connectivity index (χ0) is 13.1. The number of fused-ring (bicyclic) bond motifs is 1. The van der Waals surface area contributed by atoms with E-state index in [2.05, 4.69) is 28.1 Å². The lowest BCUT2D eigenvalue weighted by Gasteiger charge is -2.11. The van der Waals surface area contributed by atoms with Crippen molar-refractivity contribution < 1.29 is 4.74 Å². The summed E-state index contributed by atoms with van der Waals surface area (Å²) >= 11 is 0. The molecular formula is C14H21N3O. The first-order valence-electron chi connectivity index (χ1n) is 6.32. The molecule has 0 aliphatic rings. The third kappa shape index (κ3) is 2.82. The van der Waals surface area contributed by atoms with Gasteiger partial charge in [0, 0.05) is 30.7 Å². The molecule has 0 aliphatic heterocycles. The average molecular weight is 247 g/mol. The summed E-state index contributed by atoms with van der Waals surface area (Å²) in [6.07, 6.45) is 3.96. The molecule has 0 fully saturated rings. The lowest BCUT2D eigenvalue weighted by Crippen LogP contribution is -2.19. The second-order valence-electron chi connectivity index (χ2n) is 5.08. The Kier molecular flexibility index (Phi) is 3.87. The summed E-state index contributed by atoms with van der Waals surface area (Å²) in [7, 11) is 4.08. The molecule has 0 N–H and O–H groups in total. The Morgan fingerprint density at radius 2 is 2.17 bits per heavy atom. The molecule has 0 atom stereocenters. The smallest absolute Gasteiger partial charge is 0.140 e. The molecule has 0 unspecified atom stereocenters. The van der Waals surface area contributed by atoms with Gasteiger partial charge in [0.15, 0.2) is 0 Å². The maximum Gasteiger partial charge on any atom is 0.140 e. The van der Waals surface area contributed by atoms with E-state index in [9.17, 15) is 0 Å². The van der Waals surface area contributed by atoms with E-state index in [1.54, 1.807) is 0 Å².